The first-order valence-electron chi connectivity index (χ1n) is 6.22. The van der Waals surface area contributed by atoms with Gasteiger partial charge < -0.3 is 10.2 Å². The van der Waals surface area contributed by atoms with Crippen LogP contribution in [-0.2, 0) is 4.79 Å². The van der Waals surface area contributed by atoms with E-state index in [0.29, 0.717) is 18.7 Å². The van der Waals surface area contributed by atoms with Gasteiger partial charge in [-0.25, -0.2) is 4.39 Å². The standard InChI is InChI=1S/C14H19FN2O2.ClH/c1-16-9-10-17(2)14(19)8-7-13(18)11-3-5-12(15)6-4-11;/h3-6,16H,7-10H2,1-2H3;1H. The lowest BCUT2D eigenvalue weighted by atomic mass is 10.1. The monoisotopic (exact) mass is 302 g/mol. The van der Waals surface area contributed by atoms with E-state index in [2.05, 4.69) is 5.32 Å². The van der Waals surface area contributed by atoms with Crippen molar-refractivity contribution in [3.8, 4) is 0 Å². The fourth-order valence-corrected chi connectivity index (χ4v) is 1.60. The van der Waals surface area contributed by atoms with Gasteiger partial charge in [-0.05, 0) is 31.3 Å². The summed E-state index contributed by atoms with van der Waals surface area (Å²) in [4.78, 5) is 25.1. The van der Waals surface area contributed by atoms with Crippen LogP contribution < -0.4 is 5.32 Å². The zero-order chi connectivity index (χ0) is 14.3. The molecular formula is C14H20ClFN2O2. The fraction of sp³-hybridized carbons (Fsp3) is 0.429. The molecule has 6 heteroatoms. The molecule has 0 atom stereocenters. The lowest BCUT2D eigenvalue weighted by Crippen LogP contribution is -2.32. The molecule has 0 aromatic heterocycles. The lowest BCUT2D eigenvalue weighted by Gasteiger charge is -2.16. The number of nitrogens with zero attached hydrogens (tertiary/aromatic N) is 1. The third-order valence-corrected chi connectivity index (χ3v) is 2.86. The van der Waals surface area contributed by atoms with E-state index in [1.54, 1.807) is 11.9 Å². The van der Waals surface area contributed by atoms with Crippen molar-refractivity contribution in [1.29, 1.82) is 0 Å². The number of ketones is 1. The predicted octanol–water partition coefficient (Wildman–Crippen LogP) is 1.89. The molecule has 0 bridgehead atoms. The molecule has 112 valence electrons. The Morgan fingerprint density at radius 1 is 1.20 bits per heavy atom. The second kappa shape index (κ2) is 9.44. The molecule has 1 aromatic carbocycles. The van der Waals surface area contributed by atoms with Crippen molar-refractivity contribution in [3.63, 3.8) is 0 Å². The van der Waals surface area contributed by atoms with Gasteiger partial charge in [0.05, 0.1) is 0 Å². The highest BCUT2D eigenvalue weighted by Gasteiger charge is 2.12. The van der Waals surface area contributed by atoms with Crippen LogP contribution in [0.3, 0.4) is 0 Å². The first-order chi connectivity index (χ1) is 9.04. The molecule has 0 heterocycles. The second-order valence-electron chi connectivity index (χ2n) is 4.35. The third-order valence-electron chi connectivity index (χ3n) is 2.86. The number of carbonyl (C=O) groups is 2. The van der Waals surface area contributed by atoms with Gasteiger partial charge in [0.1, 0.15) is 5.82 Å². The van der Waals surface area contributed by atoms with E-state index < -0.39 is 0 Å². The summed E-state index contributed by atoms with van der Waals surface area (Å²) in [6.45, 7) is 1.33. The molecule has 1 N–H and O–H groups in total. The van der Waals surface area contributed by atoms with Gasteiger partial charge in [-0.1, -0.05) is 0 Å². The molecule has 4 nitrogen and oxygen atoms in total. The number of carbonyl (C=O) groups excluding carboxylic acids is 2. The van der Waals surface area contributed by atoms with Crippen LogP contribution in [0.2, 0.25) is 0 Å². The van der Waals surface area contributed by atoms with E-state index >= 15 is 0 Å². The highest BCUT2D eigenvalue weighted by Crippen LogP contribution is 2.08. The maximum atomic E-state index is 12.7. The summed E-state index contributed by atoms with van der Waals surface area (Å²) in [6, 6.07) is 5.36. The van der Waals surface area contributed by atoms with Crippen molar-refractivity contribution < 1.29 is 14.0 Å². The molecule has 0 spiro atoms. The summed E-state index contributed by atoms with van der Waals surface area (Å²) in [5, 5.41) is 2.95. The molecule has 0 unspecified atom stereocenters. The number of halogens is 2. The first kappa shape index (κ1) is 18.5. The third kappa shape index (κ3) is 6.12. The van der Waals surface area contributed by atoms with E-state index in [1.165, 1.54) is 24.3 Å². The van der Waals surface area contributed by atoms with Gasteiger partial charge in [0.25, 0.3) is 0 Å². The summed E-state index contributed by atoms with van der Waals surface area (Å²) in [7, 11) is 3.53. The number of amides is 1. The van der Waals surface area contributed by atoms with Gasteiger partial charge >= 0.3 is 0 Å². The van der Waals surface area contributed by atoms with E-state index in [9.17, 15) is 14.0 Å². The van der Waals surface area contributed by atoms with Crippen molar-refractivity contribution >= 4 is 24.1 Å². The Bertz CT molecular complexity index is 437. The Morgan fingerprint density at radius 2 is 1.80 bits per heavy atom. The molecule has 1 rings (SSSR count). The summed E-state index contributed by atoms with van der Waals surface area (Å²) in [5.74, 6) is -0.583. The molecule has 0 aliphatic rings. The molecule has 20 heavy (non-hydrogen) atoms. The number of hydrogen-bond donors (Lipinski definition) is 1. The number of likely N-dealkylation sites (N-methyl/N-ethyl adjacent to an activating group) is 2. The number of benzene rings is 1. The van der Waals surface area contributed by atoms with Crippen molar-refractivity contribution in [2.75, 3.05) is 27.2 Å². The Labute approximate surface area is 124 Å². The topological polar surface area (TPSA) is 49.4 Å². The van der Waals surface area contributed by atoms with Gasteiger partial charge in [-0.15, -0.1) is 12.4 Å². The zero-order valence-electron chi connectivity index (χ0n) is 11.7. The van der Waals surface area contributed by atoms with E-state index in [-0.39, 0.29) is 42.8 Å². The van der Waals surface area contributed by atoms with Gasteiger partial charge in [0.15, 0.2) is 5.78 Å². The molecule has 1 aromatic rings. The number of Topliss-reactive ketones (excluding diaryl/α,β-unsaturated/α-hetero) is 1. The normalized spacial score (nSPS) is 9.75. The SMILES string of the molecule is CNCCN(C)C(=O)CCC(=O)c1ccc(F)cc1.Cl. The predicted molar refractivity (Wildman–Crippen MR) is 78.8 cm³/mol. The summed E-state index contributed by atoms with van der Waals surface area (Å²) < 4.78 is 12.7. The van der Waals surface area contributed by atoms with E-state index in [1.807, 2.05) is 7.05 Å². The lowest BCUT2D eigenvalue weighted by molar-refractivity contribution is -0.129. The number of hydrogen-bond acceptors (Lipinski definition) is 3. The van der Waals surface area contributed by atoms with Crippen LogP contribution in [0.1, 0.15) is 23.2 Å². The minimum Gasteiger partial charge on any atom is -0.344 e. The molecule has 0 saturated heterocycles. The average molecular weight is 303 g/mol. The molecule has 0 aliphatic heterocycles. The van der Waals surface area contributed by atoms with Crippen LogP contribution in [0.5, 0.6) is 0 Å². The largest absolute Gasteiger partial charge is 0.344 e. The average Bonchev–Trinajstić information content (AvgIpc) is 2.42. The number of rotatable bonds is 7. The molecular weight excluding hydrogens is 283 g/mol. The van der Waals surface area contributed by atoms with E-state index in [4.69, 9.17) is 0 Å². The Hall–Kier alpha value is -1.46. The Balaban J connectivity index is 0.00000361. The Morgan fingerprint density at radius 3 is 2.35 bits per heavy atom. The van der Waals surface area contributed by atoms with Crippen LogP contribution in [0.25, 0.3) is 0 Å². The van der Waals surface area contributed by atoms with Crippen LogP contribution in [0.4, 0.5) is 4.39 Å². The molecule has 1 amide bonds. The molecule has 0 fully saturated rings. The van der Waals surface area contributed by atoms with Crippen molar-refractivity contribution in [1.82, 2.24) is 10.2 Å². The van der Waals surface area contributed by atoms with Crippen molar-refractivity contribution in [3.05, 3.63) is 35.6 Å². The maximum absolute atomic E-state index is 12.7. The van der Waals surface area contributed by atoms with Gasteiger partial charge in [0.2, 0.25) is 5.91 Å². The maximum Gasteiger partial charge on any atom is 0.222 e. The first-order valence-corrected chi connectivity index (χ1v) is 6.22. The smallest absolute Gasteiger partial charge is 0.222 e. The van der Waals surface area contributed by atoms with Crippen molar-refractivity contribution in [2.24, 2.45) is 0 Å². The number of nitrogens with one attached hydrogen (secondary N) is 1. The van der Waals surface area contributed by atoms with Crippen molar-refractivity contribution in [2.45, 2.75) is 12.8 Å². The zero-order valence-corrected chi connectivity index (χ0v) is 12.5. The van der Waals surface area contributed by atoms with Crippen LogP contribution in [0, 0.1) is 5.82 Å². The molecule has 0 aliphatic carbocycles. The summed E-state index contributed by atoms with van der Waals surface area (Å²) >= 11 is 0. The summed E-state index contributed by atoms with van der Waals surface area (Å²) in [5.41, 5.74) is 0.437. The van der Waals surface area contributed by atoms with Gasteiger partial charge in [-0.3, -0.25) is 9.59 Å². The van der Waals surface area contributed by atoms with E-state index in [0.717, 1.165) is 0 Å². The van der Waals surface area contributed by atoms with Crippen LogP contribution in [-0.4, -0.2) is 43.8 Å². The second-order valence-corrected chi connectivity index (χ2v) is 4.35. The molecule has 0 saturated carbocycles. The highest BCUT2D eigenvalue weighted by atomic mass is 35.5. The minimum absolute atomic E-state index is 0. The van der Waals surface area contributed by atoms with Gasteiger partial charge in [-0.2, -0.15) is 0 Å². The molecule has 0 radical (unpaired) electrons. The fourth-order valence-electron chi connectivity index (χ4n) is 1.60. The summed E-state index contributed by atoms with van der Waals surface area (Å²) in [6.07, 6.45) is 0.324. The Kier molecular flexibility index (Phi) is 8.76. The minimum atomic E-state index is -0.376. The van der Waals surface area contributed by atoms with Gasteiger partial charge in [0, 0.05) is 38.5 Å². The van der Waals surface area contributed by atoms with Crippen LogP contribution in [0.15, 0.2) is 24.3 Å². The quantitative estimate of drug-likeness (QED) is 0.783. The van der Waals surface area contributed by atoms with Crippen LogP contribution >= 0.6 is 12.4 Å². The highest BCUT2D eigenvalue weighted by molar-refractivity contribution is 5.97.